The molecule has 0 unspecified atom stereocenters. The van der Waals surface area contributed by atoms with Gasteiger partial charge in [0.25, 0.3) is 0 Å². The Hall–Kier alpha value is -1.10. The Bertz CT molecular complexity index is 276. The van der Waals surface area contributed by atoms with Crippen LogP contribution in [0.4, 0.5) is 0 Å². The Morgan fingerprint density at radius 1 is 1.50 bits per heavy atom. The first-order valence-corrected chi connectivity index (χ1v) is 5.79. The highest BCUT2D eigenvalue weighted by Crippen LogP contribution is 2.19. The average molecular weight is 227 g/mol. The summed E-state index contributed by atoms with van der Waals surface area (Å²) in [5.41, 5.74) is 4.66. The smallest absolute Gasteiger partial charge is 0.245 e. The maximum atomic E-state index is 11.9. The molecule has 5 nitrogen and oxygen atoms in total. The van der Waals surface area contributed by atoms with E-state index in [9.17, 15) is 9.59 Å². The van der Waals surface area contributed by atoms with Crippen LogP contribution in [-0.2, 0) is 9.59 Å². The van der Waals surface area contributed by atoms with Gasteiger partial charge in [-0.1, -0.05) is 0 Å². The maximum Gasteiger partial charge on any atom is 0.245 e. The van der Waals surface area contributed by atoms with Crippen LogP contribution in [0.2, 0.25) is 0 Å². The van der Waals surface area contributed by atoms with Gasteiger partial charge in [-0.25, -0.2) is 0 Å². The molecule has 0 saturated carbocycles. The SMILES string of the molecule is CC1(C)C(=O)NCCN1C(=O)CCCCN. The summed E-state index contributed by atoms with van der Waals surface area (Å²) in [5, 5.41) is 2.77. The quantitative estimate of drug-likeness (QED) is 0.656. The summed E-state index contributed by atoms with van der Waals surface area (Å²) in [6, 6.07) is 0. The number of hydrogen-bond donors (Lipinski definition) is 2. The zero-order valence-electron chi connectivity index (χ0n) is 10.1. The van der Waals surface area contributed by atoms with Gasteiger partial charge in [0.05, 0.1) is 0 Å². The van der Waals surface area contributed by atoms with E-state index in [1.54, 1.807) is 18.7 Å². The monoisotopic (exact) mass is 227 g/mol. The van der Waals surface area contributed by atoms with Gasteiger partial charge < -0.3 is 16.0 Å². The number of unbranched alkanes of at least 4 members (excludes halogenated alkanes) is 1. The largest absolute Gasteiger partial charge is 0.352 e. The summed E-state index contributed by atoms with van der Waals surface area (Å²) in [6.45, 7) is 5.31. The molecular weight excluding hydrogens is 206 g/mol. The molecule has 0 radical (unpaired) electrons. The molecule has 92 valence electrons. The summed E-state index contributed by atoms with van der Waals surface area (Å²) in [7, 11) is 0. The van der Waals surface area contributed by atoms with E-state index in [0.29, 0.717) is 26.1 Å². The molecule has 2 amide bonds. The van der Waals surface area contributed by atoms with Crippen LogP contribution < -0.4 is 11.1 Å². The second-order valence-corrected chi connectivity index (χ2v) is 4.61. The number of nitrogens with zero attached hydrogens (tertiary/aromatic N) is 1. The van der Waals surface area contributed by atoms with E-state index >= 15 is 0 Å². The van der Waals surface area contributed by atoms with Gasteiger partial charge in [-0.3, -0.25) is 9.59 Å². The van der Waals surface area contributed by atoms with Gasteiger partial charge in [0.2, 0.25) is 11.8 Å². The normalized spacial score (nSPS) is 19.4. The van der Waals surface area contributed by atoms with Gasteiger partial charge in [-0.05, 0) is 33.2 Å². The van der Waals surface area contributed by atoms with Crippen LogP contribution in [0.15, 0.2) is 0 Å². The second kappa shape index (κ2) is 5.30. The molecule has 0 aromatic rings. The molecule has 1 aliphatic heterocycles. The zero-order valence-corrected chi connectivity index (χ0v) is 10.1. The third-order valence-electron chi connectivity index (χ3n) is 3.00. The van der Waals surface area contributed by atoms with E-state index in [2.05, 4.69) is 5.32 Å². The van der Waals surface area contributed by atoms with Gasteiger partial charge in [-0.15, -0.1) is 0 Å². The fourth-order valence-corrected chi connectivity index (χ4v) is 1.89. The lowest BCUT2D eigenvalue weighted by atomic mass is 9.98. The minimum Gasteiger partial charge on any atom is -0.352 e. The molecule has 1 rings (SSSR count). The first-order valence-electron chi connectivity index (χ1n) is 5.79. The number of carbonyl (C=O) groups is 2. The van der Waals surface area contributed by atoms with Gasteiger partial charge in [0, 0.05) is 19.5 Å². The maximum absolute atomic E-state index is 11.9. The fraction of sp³-hybridized carbons (Fsp3) is 0.818. The number of hydrogen-bond acceptors (Lipinski definition) is 3. The van der Waals surface area contributed by atoms with E-state index < -0.39 is 5.54 Å². The van der Waals surface area contributed by atoms with Crippen LogP contribution in [0.1, 0.15) is 33.1 Å². The highest BCUT2D eigenvalue weighted by molar-refractivity contribution is 5.91. The van der Waals surface area contributed by atoms with Crippen LogP contribution >= 0.6 is 0 Å². The van der Waals surface area contributed by atoms with Gasteiger partial charge in [0.1, 0.15) is 5.54 Å². The van der Waals surface area contributed by atoms with E-state index in [0.717, 1.165) is 12.8 Å². The van der Waals surface area contributed by atoms with Crippen LogP contribution in [0.3, 0.4) is 0 Å². The summed E-state index contributed by atoms with van der Waals surface area (Å²) in [6.07, 6.45) is 2.13. The Balaban J connectivity index is 2.56. The number of nitrogens with two attached hydrogens (primary N) is 1. The molecule has 1 fully saturated rings. The lowest BCUT2D eigenvalue weighted by molar-refractivity contribution is -0.149. The van der Waals surface area contributed by atoms with Crippen molar-refractivity contribution >= 4 is 11.8 Å². The molecule has 5 heteroatoms. The minimum absolute atomic E-state index is 0.0494. The van der Waals surface area contributed by atoms with Crippen molar-refractivity contribution in [2.45, 2.75) is 38.6 Å². The van der Waals surface area contributed by atoms with Crippen molar-refractivity contribution < 1.29 is 9.59 Å². The van der Waals surface area contributed by atoms with E-state index in [4.69, 9.17) is 5.73 Å². The molecule has 1 saturated heterocycles. The number of amides is 2. The molecule has 3 N–H and O–H groups in total. The second-order valence-electron chi connectivity index (χ2n) is 4.61. The molecule has 0 aliphatic carbocycles. The van der Waals surface area contributed by atoms with Crippen molar-refractivity contribution in [1.29, 1.82) is 0 Å². The molecule has 0 atom stereocenters. The van der Waals surface area contributed by atoms with E-state index in [1.807, 2.05) is 0 Å². The summed E-state index contributed by atoms with van der Waals surface area (Å²) >= 11 is 0. The molecule has 1 aliphatic rings. The Morgan fingerprint density at radius 3 is 2.81 bits per heavy atom. The predicted molar refractivity (Wildman–Crippen MR) is 61.7 cm³/mol. The first kappa shape index (κ1) is 13.0. The van der Waals surface area contributed by atoms with Crippen molar-refractivity contribution in [1.82, 2.24) is 10.2 Å². The highest BCUT2D eigenvalue weighted by atomic mass is 16.2. The van der Waals surface area contributed by atoms with Gasteiger partial charge in [-0.2, -0.15) is 0 Å². The van der Waals surface area contributed by atoms with Crippen molar-refractivity contribution in [2.24, 2.45) is 5.73 Å². The fourth-order valence-electron chi connectivity index (χ4n) is 1.89. The van der Waals surface area contributed by atoms with Gasteiger partial charge >= 0.3 is 0 Å². The summed E-state index contributed by atoms with van der Waals surface area (Å²) in [5.74, 6) is -0.0285. The molecule has 0 aromatic carbocycles. The van der Waals surface area contributed by atoms with Crippen molar-refractivity contribution in [3.05, 3.63) is 0 Å². The van der Waals surface area contributed by atoms with E-state index in [1.165, 1.54) is 0 Å². The lowest BCUT2D eigenvalue weighted by Crippen LogP contribution is -2.63. The summed E-state index contributed by atoms with van der Waals surface area (Å²) in [4.78, 5) is 25.2. The van der Waals surface area contributed by atoms with Crippen LogP contribution in [0.25, 0.3) is 0 Å². The van der Waals surface area contributed by atoms with Crippen LogP contribution in [0, 0.1) is 0 Å². The van der Waals surface area contributed by atoms with Gasteiger partial charge in [0.15, 0.2) is 0 Å². The topological polar surface area (TPSA) is 75.4 Å². The first-order chi connectivity index (χ1) is 7.50. The lowest BCUT2D eigenvalue weighted by Gasteiger charge is -2.41. The number of piperazine rings is 1. The van der Waals surface area contributed by atoms with Crippen LogP contribution in [-0.4, -0.2) is 41.9 Å². The third kappa shape index (κ3) is 2.72. The molecule has 0 spiro atoms. The molecular formula is C11H21N3O2. The van der Waals surface area contributed by atoms with Crippen molar-refractivity contribution in [3.8, 4) is 0 Å². The third-order valence-corrected chi connectivity index (χ3v) is 3.00. The summed E-state index contributed by atoms with van der Waals surface area (Å²) < 4.78 is 0. The Kier molecular flexibility index (Phi) is 4.29. The Morgan fingerprint density at radius 2 is 2.19 bits per heavy atom. The predicted octanol–water partition coefficient (Wildman–Crippen LogP) is -0.148. The molecule has 0 bridgehead atoms. The van der Waals surface area contributed by atoms with E-state index in [-0.39, 0.29) is 11.8 Å². The average Bonchev–Trinajstić information content (AvgIpc) is 2.22. The standard InChI is InChI=1S/C11H21N3O2/c1-11(2)10(16)13-7-8-14(11)9(15)5-3-4-6-12/h3-8,12H2,1-2H3,(H,13,16). The molecule has 16 heavy (non-hydrogen) atoms. The molecule has 0 aromatic heterocycles. The highest BCUT2D eigenvalue weighted by Gasteiger charge is 2.39. The Labute approximate surface area is 96.4 Å². The minimum atomic E-state index is -0.724. The number of rotatable bonds is 4. The van der Waals surface area contributed by atoms with Crippen molar-refractivity contribution in [3.63, 3.8) is 0 Å². The van der Waals surface area contributed by atoms with Crippen LogP contribution in [0.5, 0.6) is 0 Å². The zero-order chi connectivity index (χ0) is 12.2. The number of nitrogens with one attached hydrogen (secondary N) is 1. The number of carbonyl (C=O) groups excluding carboxylic acids is 2. The van der Waals surface area contributed by atoms with Crippen molar-refractivity contribution in [2.75, 3.05) is 19.6 Å². The molecule has 1 heterocycles.